The van der Waals surface area contributed by atoms with Crippen molar-refractivity contribution in [3.8, 4) is 0 Å². The second-order valence-electron chi connectivity index (χ2n) is 2.38. The second kappa shape index (κ2) is 2.98. The topological polar surface area (TPSA) is 72.5 Å². The quantitative estimate of drug-likeness (QED) is 0.546. The Hall–Kier alpha value is -0.610. The molecule has 0 saturated carbocycles. The molecule has 0 aromatic heterocycles. The van der Waals surface area contributed by atoms with Crippen LogP contribution in [0.1, 0.15) is 6.42 Å². The summed E-state index contributed by atoms with van der Waals surface area (Å²) in [6, 6.07) is 0. The van der Waals surface area contributed by atoms with Crippen molar-refractivity contribution in [1.29, 1.82) is 0 Å². The van der Waals surface area contributed by atoms with Crippen LogP contribution in [0.4, 0.5) is 0 Å². The summed E-state index contributed by atoms with van der Waals surface area (Å²) in [5.74, 6) is -1.18. The van der Waals surface area contributed by atoms with Gasteiger partial charge in [0.25, 0.3) is 0 Å². The largest absolute Gasteiger partial charge is 0.481 e. The lowest BCUT2D eigenvalue weighted by molar-refractivity contribution is -0.143. The molecule has 0 bridgehead atoms. The van der Waals surface area contributed by atoms with E-state index in [4.69, 9.17) is 15.6 Å². The zero-order valence-electron chi connectivity index (χ0n) is 5.62. The minimum absolute atomic E-state index is 0.266. The van der Waals surface area contributed by atoms with Crippen molar-refractivity contribution in [1.82, 2.24) is 0 Å². The van der Waals surface area contributed by atoms with Gasteiger partial charge < -0.3 is 15.6 Å². The van der Waals surface area contributed by atoms with Gasteiger partial charge >= 0.3 is 5.97 Å². The highest BCUT2D eigenvalue weighted by Gasteiger charge is 2.32. The molecular formula is C6H11NO3. The van der Waals surface area contributed by atoms with E-state index in [0.29, 0.717) is 19.6 Å². The first-order valence-electron chi connectivity index (χ1n) is 3.30. The molecule has 0 amide bonds. The Labute approximate surface area is 59.0 Å². The van der Waals surface area contributed by atoms with Crippen molar-refractivity contribution in [3.63, 3.8) is 0 Å². The van der Waals surface area contributed by atoms with E-state index in [2.05, 4.69) is 0 Å². The molecule has 0 aliphatic carbocycles. The summed E-state index contributed by atoms with van der Waals surface area (Å²) in [6.07, 6.45) is 0.328. The lowest BCUT2D eigenvalue weighted by Gasteiger charge is -2.10. The van der Waals surface area contributed by atoms with Gasteiger partial charge in [0.15, 0.2) is 0 Å². The number of carboxylic acid groups (broad SMARTS) is 1. The minimum atomic E-state index is -0.798. The first-order valence-corrected chi connectivity index (χ1v) is 3.30. The summed E-state index contributed by atoms with van der Waals surface area (Å²) in [6.45, 7) is 0.829. The van der Waals surface area contributed by atoms with Crippen molar-refractivity contribution in [2.75, 3.05) is 13.2 Å². The second-order valence-corrected chi connectivity index (χ2v) is 2.38. The molecule has 1 saturated heterocycles. The minimum Gasteiger partial charge on any atom is -0.481 e. The highest BCUT2D eigenvalue weighted by atomic mass is 16.5. The molecular weight excluding hydrogens is 134 g/mol. The number of carboxylic acids is 1. The van der Waals surface area contributed by atoms with Gasteiger partial charge in [0, 0.05) is 13.2 Å². The monoisotopic (exact) mass is 145 g/mol. The van der Waals surface area contributed by atoms with Crippen LogP contribution < -0.4 is 5.73 Å². The summed E-state index contributed by atoms with van der Waals surface area (Å²) >= 11 is 0. The van der Waals surface area contributed by atoms with E-state index < -0.39 is 5.97 Å². The summed E-state index contributed by atoms with van der Waals surface area (Å²) in [5.41, 5.74) is 5.27. The van der Waals surface area contributed by atoms with E-state index in [-0.39, 0.29) is 12.0 Å². The molecule has 10 heavy (non-hydrogen) atoms. The van der Waals surface area contributed by atoms with E-state index in [0.717, 1.165) is 0 Å². The SMILES string of the molecule is NC[C@@H]1OCC[C@@H]1C(=O)O. The normalized spacial score (nSPS) is 32.5. The number of ether oxygens (including phenoxy) is 1. The number of nitrogens with two attached hydrogens (primary N) is 1. The van der Waals surface area contributed by atoms with Gasteiger partial charge in [-0.1, -0.05) is 0 Å². The maximum Gasteiger partial charge on any atom is 0.309 e. The predicted octanol–water partition coefficient (Wildman–Crippen LogP) is -0.565. The summed E-state index contributed by atoms with van der Waals surface area (Å²) in [5, 5.41) is 8.58. The number of hydrogen-bond acceptors (Lipinski definition) is 3. The molecule has 0 spiro atoms. The van der Waals surface area contributed by atoms with Gasteiger partial charge in [-0.05, 0) is 6.42 Å². The third-order valence-electron chi connectivity index (χ3n) is 1.76. The molecule has 4 heteroatoms. The van der Waals surface area contributed by atoms with Crippen LogP contribution in [0.2, 0.25) is 0 Å². The van der Waals surface area contributed by atoms with Crippen LogP contribution in [-0.4, -0.2) is 30.3 Å². The lowest BCUT2D eigenvalue weighted by Crippen LogP contribution is -2.30. The molecule has 58 valence electrons. The van der Waals surface area contributed by atoms with Crippen LogP contribution in [0.3, 0.4) is 0 Å². The van der Waals surface area contributed by atoms with Crippen LogP contribution in [0.5, 0.6) is 0 Å². The Morgan fingerprint density at radius 2 is 2.50 bits per heavy atom. The number of rotatable bonds is 2. The Bertz CT molecular complexity index is 137. The first-order chi connectivity index (χ1) is 4.75. The average molecular weight is 145 g/mol. The lowest BCUT2D eigenvalue weighted by atomic mass is 10.0. The van der Waals surface area contributed by atoms with Crippen LogP contribution in [0.15, 0.2) is 0 Å². The van der Waals surface area contributed by atoms with E-state index in [1.165, 1.54) is 0 Å². The highest BCUT2D eigenvalue weighted by molar-refractivity contribution is 5.71. The van der Waals surface area contributed by atoms with Gasteiger partial charge in [0.1, 0.15) is 0 Å². The number of hydrogen-bond donors (Lipinski definition) is 2. The molecule has 1 rings (SSSR count). The van der Waals surface area contributed by atoms with Crippen molar-refractivity contribution in [2.24, 2.45) is 11.7 Å². The summed E-state index contributed by atoms with van der Waals surface area (Å²) in [4.78, 5) is 10.4. The van der Waals surface area contributed by atoms with E-state index in [1.54, 1.807) is 0 Å². The smallest absolute Gasteiger partial charge is 0.309 e. The Morgan fingerprint density at radius 1 is 1.80 bits per heavy atom. The predicted molar refractivity (Wildman–Crippen MR) is 34.5 cm³/mol. The molecule has 2 atom stereocenters. The number of carbonyl (C=O) groups is 1. The zero-order valence-corrected chi connectivity index (χ0v) is 5.62. The van der Waals surface area contributed by atoms with Crippen molar-refractivity contribution >= 4 is 5.97 Å². The maximum atomic E-state index is 10.4. The Kier molecular flexibility index (Phi) is 2.24. The molecule has 1 aliphatic rings. The van der Waals surface area contributed by atoms with E-state index in [1.807, 2.05) is 0 Å². The zero-order chi connectivity index (χ0) is 7.56. The van der Waals surface area contributed by atoms with Crippen molar-refractivity contribution < 1.29 is 14.6 Å². The Morgan fingerprint density at radius 3 is 2.90 bits per heavy atom. The molecule has 0 radical (unpaired) electrons. The van der Waals surface area contributed by atoms with Gasteiger partial charge in [-0.15, -0.1) is 0 Å². The van der Waals surface area contributed by atoms with Gasteiger partial charge in [-0.3, -0.25) is 4.79 Å². The van der Waals surface area contributed by atoms with Crippen molar-refractivity contribution in [3.05, 3.63) is 0 Å². The summed E-state index contributed by atoms with van der Waals surface area (Å²) < 4.78 is 5.07. The molecule has 4 nitrogen and oxygen atoms in total. The van der Waals surface area contributed by atoms with Gasteiger partial charge in [-0.25, -0.2) is 0 Å². The molecule has 3 N–H and O–H groups in total. The molecule has 0 aromatic carbocycles. The molecule has 0 unspecified atom stereocenters. The van der Waals surface area contributed by atoms with E-state index in [9.17, 15) is 4.79 Å². The summed E-state index contributed by atoms with van der Waals surface area (Å²) in [7, 11) is 0. The Balaban J connectivity index is 2.50. The maximum absolute atomic E-state index is 10.4. The number of aliphatic carboxylic acids is 1. The molecule has 1 aliphatic heterocycles. The molecule has 0 aromatic rings. The molecule has 1 heterocycles. The highest BCUT2D eigenvalue weighted by Crippen LogP contribution is 2.19. The fourth-order valence-corrected chi connectivity index (χ4v) is 1.16. The van der Waals surface area contributed by atoms with Crippen LogP contribution in [0.25, 0.3) is 0 Å². The van der Waals surface area contributed by atoms with Gasteiger partial charge in [0.2, 0.25) is 0 Å². The van der Waals surface area contributed by atoms with Gasteiger partial charge in [-0.2, -0.15) is 0 Å². The third-order valence-corrected chi connectivity index (χ3v) is 1.76. The fraction of sp³-hybridized carbons (Fsp3) is 0.833. The standard InChI is InChI=1S/C6H11NO3/c7-3-5-4(6(8)9)1-2-10-5/h4-5H,1-3,7H2,(H,8,9)/t4-,5-/m0/s1. The van der Waals surface area contributed by atoms with E-state index >= 15 is 0 Å². The molecule has 1 fully saturated rings. The fourth-order valence-electron chi connectivity index (χ4n) is 1.16. The average Bonchev–Trinajstić information content (AvgIpc) is 2.33. The first kappa shape index (κ1) is 7.50. The van der Waals surface area contributed by atoms with Crippen LogP contribution >= 0.6 is 0 Å². The van der Waals surface area contributed by atoms with Crippen LogP contribution in [0, 0.1) is 5.92 Å². The van der Waals surface area contributed by atoms with Crippen molar-refractivity contribution in [2.45, 2.75) is 12.5 Å². The van der Waals surface area contributed by atoms with Crippen LogP contribution in [-0.2, 0) is 9.53 Å². The third kappa shape index (κ3) is 1.27. The van der Waals surface area contributed by atoms with Gasteiger partial charge in [0.05, 0.1) is 12.0 Å².